The second-order valence-corrected chi connectivity index (χ2v) is 20.6. The van der Waals surface area contributed by atoms with Gasteiger partial charge >= 0.3 is 12.1 Å². The maximum absolute atomic E-state index is 13.1. The van der Waals surface area contributed by atoms with Gasteiger partial charge in [0.15, 0.2) is 17.0 Å². The lowest BCUT2D eigenvalue weighted by molar-refractivity contribution is -0.139. The molecule has 0 radical (unpaired) electrons. The van der Waals surface area contributed by atoms with Crippen LogP contribution in [0.2, 0.25) is 0 Å². The number of pyridine rings is 1. The van der Waals surface area contributed by atoms with Crippen LogP contribution in [0.4, 0.5) is 16.3 Å². The number of carbonyl (C=O) groups excluding carboxylic acids is 3. The number of rotatable bonds is 23. The summed E-state index contributed by atoms with van der Waals surface area (Å²) < 4.78 is 7.26. The average molecular weight is 956 g/mol. The number of hydrogen-bond donors (Lipinski definition) is 7. The van der Waals surface area contributed by atoms with E-state index in [2.05, 4.69) is 52.7 Å². The normalized spacial score (nSPS) is 12.3. The average Bonchev–Trinajstić information content (AvgIpc) is 3.65. The molecule has 0 aliphatic carbocycles. The largest absolute Gasteiger partial charge is 0.480 e. The fraction of sp³-hybridized carbons (Fsp3) is 0.435. The van der Waals surface area contributed by atoms with Crippen LogP contribution in [-0.4, -0.2) is 105 Å². The van der Waals surface area contributed by atoms with E-state index in [9.17, 15) is 34.2 Å². The highest BCUT2D eigenvalue weighted by atomic mass is 33.1. The van der Waals surface area contributed by atoms with Gasteiger partial charge in [0, 0.05) is 65.1 Å². The standard InChI is InChI=1S/C46H57N11O8S2/c1-7-8-13-34-55-36-38(57(34)25-45(3,4)26-58)31-11-9-10-12-32(31)53-40(36)56-44(64)65-20-21-66-67-46(5,6)24-49-35(59)19-18-33(43(62)63)54-41(60)28-14-16-29(17-15-28)47-22-30-23-48-39-37(52-30)42(61)51-27(2)50-39/h9-12,14-17,23,33,47,58H,7-8,13,18-22,24-26H2,1-6H3,(H,49,59)(H,54,60)(H,62,63)(H,53,56,64)(H,48,50,51,61). The number of unbranched alkanes of at least 4 members (excludes halogenated alkanes) is 1. The summed E-state index contributed by atoms with van der Waals surface area (Å²) in [6, 6.07) is 12.8. The highest BCUT2D eigenvalue weighted by molar-refractivity contribution is 8.77. The molecular formula is C46H57N11O8S2. The van der Waals surface area contributed by atoms with Crippen molar-refractivity contribution in [3.63, 3.8) is 0 Å². The number of hydrogen-bond acceptors (Lipinski definition) is 15. The number of para-hydroxylation sites is 1. The number of ether oxygens (including phenoxy) is 1. The molecule has 0 bridgehead atoms. The molecule has 6 rings (SSSR count). The number of fused-ring (bicyclic) bond motifs is 4. The minimum atomic E-state index is -1.30. The quantitative estimate of drug-likeness (QED) is 0.0271. The lowest BCUT2D eigenvalue weighted by Crippen LogP contribution is -2.42. The highest BCUT2D eigenvalue weighted by Crippen LogP contribution is 2.36. The predicted octanol–water partition coefficient (Wildman–Crippen LogP) is 6.38. The number of aryl methyl sites for hydroxylation is 2. The number of aromatic nitrogens is 7. The van der Waals surface area contributed by atoms with E-state index in [4.69, 9.17) is 14.7 Å². The molecule has 0 aliphatic heterocycles. The summed E-state index contributed by atoms with van der Waals surface area (Å²) in [5, 5.41) is 32.2. The Morgan fingerprint density at radius 3 is 2.48 bits per heavy atom. The molecule has 67 heavy (non-hydrogen) atoms. The summed E-state index contributed by atoms with van der Waals surface area (Å²) in [5.41, 5.74) is 3.06. The van der Waals surface area contributed by atoms with Crippen molar-refractivity contribution in [1.29, 1.82) is 0 Å². The van der Waals surface area contributed by atoms with E-state index in [0.29, 0.717) is 46.4 Å². The Bertz CT molecular complexity index is 2800. The molecule has 4 heterocycles. The van der Waals surface area contributed by atoms with Gasteiger partial charge in [0.1, 0.15) is 29.8 Å². The number of aliphatic hydroxyl groups excluding tert-OH is 1. The maximum atomic E-state index is 13.1. The fourth-order valence-electron chi connectivity index (χ4n) is 6.93. The highest BCUT2D eigenvalue weighted by Gasteiger charge is 2.26. The van der Waals surface area contributed by atoms with Crippen molar-refractivity contribution < 1.29 is 34.1 Å². The number of carbonyl (C=O) groups is 4. The molecule has 0 saturated heterocycles. The second-order valence-electron chi connectivity index (χ2n) is 17.4. The number of aliphatic hydroxyl groups is 1. The first-order valence-electron chi connectivity index (χ1n) is 22.0. The number of amides is 3. The van der Waals surface area contributed by atoms with Crippen molar-refractivity contribution in [1.82, 2.24) is 45.1 Å². The van der Waals surface area contributed by atoms with E-state index in [-0.39, 0.29) is 67.3 Å². The van der Waals surface area contributed by atoms with E-state index < -0.39 is 34.2 Å². The lowest BCUT2D eigenvalue weighted by Gasteiger charge is -2.24. The van der Waals surface area contributed by atoms with Gasteiger partial charge in [-0.3, -0.25) is 19.7 Å². The third kappa shape index (κ3) is 13.6. The zero-order chi connectivity index (χ0) is 48.3. The SMILES string of the molecule is CCCCc1nc2c(NC(=O)OCCSSC(C)(C)CNC(=O)CCC(NC(=O)c3ccc(NCc4cnc5nc(C)[nH]c(=O)c5n4)cc3)C(=O)O)nc3ccccc3c2n1CC(C)(C)CO. The zero-order valence-corrected chi connectivity index (χ0v) is 40.0. The van der Waals surface area contributed by atoms with Crippen LogP contribution in [0.25, 0.3) is 33.1 Å². The Balaban J connectivity index is 0.924. The third-order valence-electron chi connectivity index (χ3n) is 10.5. The summed E-state index contributed by atoms with van der Waals surface area (Å²) in [7, 11) is 2.98. The maximum Gasteiger partial charge on any atom is 0.412 e. The number of H-pyrrole nitrogens is 1. The van der Waals surface area contributed by atoms with Crippen molar-refractivity contribution in [3.05, 3.63) is 88.0 Å². The molecule has 3 amide bonds. The molecular weight excluding hydrogens is 899 g/mol. The van der Waals surface area contributed by atoms with Crippen molar-refractivity contribution in [2.45, 2.75) is 97.5 Å². The summed E-state index contributed by atoms with van der Waals surface area (Å²) >= 11 is 0. The van der Waals surface area contributed by atoms with Gasteiger partial charge in [-0.25, -0.2) is 34.5 Å². The Hall–Kier alpha value is -6.32. The van der Waals surface area contributed by atoms with E-state index in [1.54, 1.807) is 19.1 Å². The summed E-state index contributed by atoms with van der Waals surface area (Å²) in [6.07, 6.45) is 3.25. The molecule has 2 aromatic carbocycles. The fourth-order valence-corrected chi connectivity index (χ4v) is 9.20. The van der Waals surface area contributed by atoms with Crippen LogP contribution in [0.1, 0.15) is 88.0 Å². The zero-order valence-electron chi connectivity index (χ0n) is 38.4. The van der Waals surface area contributed by atoms with Crippen molar-refractivity contribution in [3.8, 4) is 0 Å². The Morgan fingerprint density at radius 2 is 1.75 bits per heavy atom. The van der Waals surface area contributed by atoms with Gasteiger partial charge in [-0.1, -0.05) is 67.0 Å². The van der Waals surface area contributed by atoms with E-state index in [0.717, 1.165) is 36.0 Å². The molecule has 4 aromatic heterocycles. The molecule has 7 N–H and O–H groups in total. The van der Waals surface area contributed by atoms with Crippen LogP contribution < -0.4 is 26.8 Å². The Morgan fingerprint density at radius 1 is 0.985 bits per heavy atom. The first-order chi connectivity index (χ1) is 32.0. The van der Waals surface area contributed by atoms with Crippen molar-refractivity contribution >= 4 is 90.1 Å². The molecule has 356 valence electrons. The molecule has 19 nitrogen and oxygen atoms in total. The topological polar surface area (TPSA) is 268 Å². The van der Waals surface area contributed by atoms with E-state index >= 15 is 0 Å². The Labute approximate surface area is 394 Å². The number of carboxylic acids is 1. The van der Waals surface area contributed by atoms with Gasteiger partial charge in [0.25, 0.3) is 11.5 Å². The summed E-state index contributed by atoms with van der Waals surface area (Å²) in [6.45, 7) is 12.8. The lowest BCUT2D eigenvalue weighted by atomic mass is 9.94. The molecule has 0 saturated carbocycles. The molecule has 0 fully saturated rings. The van der Waals surface area contributed by atoms with Gasteiger partial charge in [0.2, 0.25) is 5.91 Å². The monoisotopic (exact) mass is 955 g/mol. The van der Waals surface area contributed by atoms with Crippen LogP contribution >= 0.6 is 21.6 Å². The van der Waals surface area contributed by atoms with Crippen LogP contribution in [0.3, 0.4) is 0 Å². The predicted molar refractivity (Wildman–Crippen MR) is 261 cm³/mol. The van der Waals surface area contributed by atoms with Gasteiger partial charge in [-0.05, 0) is 63.9 Å². The van der Waals surface area contributed by atoms with Crippen LogP contribution in [0, 0.1) is 12.3 Å². The number of benzene rings is 2. The van der Waals surface area contributed by atoms with Crippen molar-refractivity contribution in [2.24, 2.45) is 5.41 Å². The molecule has 6 aromatic rings. The first-order valence-corrected chi connectivity index (χ1v) is 24.3. The minimum absolute atomic E-state index is 0.00321. The summed E-state index contributed by atoms with van der Waals surface area (Å²) in [5.74, 6) is -0.176. The number of imidazole rings is 1. The smallest absolute Gasteiger partial charge is 0.412 e. The number of aromatic amines is 1. The third-order valence-corrected chi connectivity index (χ3v) is 13.8. The van der Waals surface area contributed by atoms with E-state index in [1.165, 1.54) is 39.9 Å². The Kier molecular flexibility index (Phi) is 16.8. The van der Waals surface area contributed by atoms with Crippen LogP contribution in [-0.2, 0) is 33.8 Å². The number of anilines is 2. The summed E-state index contributed by atoms with van der Waals surface area (Å²) in [4.78, 5) is 88.2. The first kappa shape index (κ1) is 50.1. The molecule has 21 heteroatoms. The molecule has 1 unspecified atom stereocenters. The number of aliphatic carboxylic acids is 1. The molecule has 0 aliphatic rings. The van der Waals surface area contributed by atoms with Crippen LogP contribution in [0.15, 0.2) is 59.5 Å². The van der Waals surface area contributed by atoms with Crippen molar-refractivity contribution in [2.75, 3.05) is 36.1 Å². The molecule has 0 spiro atoms. The minimum Gasteiger partial charge on any atom is -0.480 e. The number of nitrogens with zero attached hydrogens (tertiary/aromatic N) is 6. The second kappa shape index (κ2) is 22.4. The van der Waals surface area contributed by atoms with Gasteiger partial charge in [-0.15, -0.1) is 0 Å². The number of nitrogens with one attached hydrogen (secondary N) is 5. The van der Waals surface area contributed by atoms with E-state index in [1.807, 2.05) is 52.0 Å². The van der Waals surface area contributed by atoms with Gasteiger partial charge < -0.3 is 40.5 Å². The van der Waals surface area contributed by atoms with Gasteiger partial charge in [-0.2, -0.15) is 0 Å². The van der Waals surface area contributed by atoms with Gasteiger partial charge in [0.05, 0.1) is 29.5 Å². The van der Waals surface area contributed by atoms with Crippen LogP contribution in [0.5, 0.6) is 0 Å². The number of carboxylic acid groups (broad SMARTS) is 1. The molecule has 1 atom stereocenters.